The first-order valence-electron chi connectivity index (χ1n) is 7.76. The van der Waals surface area contributed by atoms with Gasteiger partial charge in [-0.1, -0.05) is 44.2 Å². The third kappa shape index (κ3) is 2.07. The van der Waals surface area contributed by atoms with Gasteiger partial charge >= 0.3 is 0 Å². The molecule has 22 heavy (non-hydrogen) atoms. The minimum atomic E-state index is 0.102. The maximum Gasteiger partial charge on any atom is 0.195 e. The number of ketones is 1. The molecule has 0 saturated heterocycles. The van der Waals surface area contributed by atoms with Crippen LogP contribution in [0.1, 0.15) is 40.9 Å². The lowest BCUT2D eigenvalue weighted by molar-refractivity contribution is 0.104. The third-order valence-electron chi connectivity index (χ3n) is 4.64. The third-order valence-corrected chi connectivity index (χ3v) is 4.64. The number of para-hydroxylation sites is 1. The topological polar surface area (TPSA) is 32.9 Å². The molecule has 1 N–H and O–H groups in total. The fourth-order valence-electron chi connectivity index (χ4n) is 3.61. The number of rotatable bonds is 2. The van der Waals surface area contributed by atoms with Gasteiger partial charge in [0.1, 0.15) is 0 Å². The Morgan fingerprint density at radius 2 is 1.82 bits per heavy atom. The number of aromatic nitrogens is 1. The van der Waals surface area contributed by atoms with Crippen molar-refractivity contribution in [1.29, 1.82) is 0 Å². The normalized spacial score (nSPS) is 15.9. The molecule has 4 rings (SSSR count). The molecule has 1 aliphatic rings. The predicted molar refractivity (Wildman–Crippen MR) is 89.4 cm³/mol. The standard InChI is InChI=1S/C20H19NO/c1-20(2)10-14-8-7-13(9-15(14)11-20)19(22)17-12-21-18-6-4-3-5-16(17)18/h3-9,12,21H,10-11H2,1-2H3. The Hall–Kier alpha value is -2.35. The van der Waals surface area contributed by atoms with Crippen molar-refractivity contribution in [1.82, 2.24) is 4.98 Å². The van der Waals surface area contributed by atoms with Crippen LogP contribution in [-0.4, -0.2) is 10.8 Å². The van der Waals surface area contributed by atoms with Crippen LogP contribution in [0.15, 0.2) is 48.7 Å². The number of nitrogens with one attached hydrogen (secondary N) is 1. The minimum absolute atomic E-state index is 0.102. The Labute approximate surface area is 130 Å². The van der Waals surface area contributed by atoms with Crippen molar-refractivity contribution in [3.63, 3.8) is 0 Å². The molecule has 0 fully saturated rings. The number of hydrogen-bond donors (Lipinski definition) is 1. The van der Waals surface area contributed by atoms with Crippen molar-refractivity contribution in [3.05, 3.63) is 70.9 Å². The molecule has 0 unspecified atom stereocenters. The molecule has 0 saturated carbocycles. The highest BCUT2D eigenvalue weighted by Gasteiger charge is 2.29. The maximum atomic E-state index is 12.9. The summed E-state index contributed by atoms with van der Waals surface area (Å²) in [6.45, 7) is 4.57. The largest absolute Gasteiger partial charge is 0.360 e. The van der Waals surface area contributed by atoms with Gasteiger partial charge in [0.2, 0.25) is 0 Å². The first kappa shape index (κ1) is 13.3. The van der Waals surface area contributed by atoms with E-state index >= 15 is 0 Å². The SMILES string of the molecule is CC1(C)Cc2ccc(C(=O)c3c[nH]c4ccccc34)cc2C1. The van der Waals surface area contributed by atoms with Crippen LogP contribution in [0.25, 0.3) is 10.9 Å². The molecule has 2 heteroatoms. The smallest absolute Gasteiger partial charge is 0.195 e. The van der Waals surface area contributed by atoms with E-state index in [0.717, 1.165) is 34.9 Å². The van der Waals surface area contributed by atoms with E-state index < -0.39 is 0 Å². The summed E-state index contributed by atoms with van der Waals surface area (Å²) in [6, 6.07) is 14.1. The van der Waals surface area contributed by atoms with Crippen LogP contribution in [0.2, 0.25) is 0 Å². The van der Waals surface area contributed by atoms with Gasteiger partial charge in [0, 0.05) is 28.2 Å². The highest BCUT2D eigenvalue weighted by Crippen LogP contribution is 2.36. The second kappa shape index (κ2) is 4.57. The van der Waals surface area contributed by atoms with Crippen LogP contribution in [-0.2, 0) is 12.8 Å². The average Bonchev–Trinajstić information content (AvgIpc) is 3.04. The van der Waals surface area contributed by atoms with Gasteiger partial charge in [-0.2, -0.15) is 0 Å². The molecule has 1 heterocycles. The van der Waals surface area contributed by atoms with Crippen molar-refractivity contribution in [2.75, 3.05) is 0 Å². The van der Waals surface area contributed by atoms with Crippen molar-refractivity contribution in [3.8, 4) is 0 Å². The Balaban J connectivity index is 1.76. The number of H-pyrrole nitrogens is 1. The lowest BCUT2D eigenvalue weighted by Gasteiger charge is -2.14. The van der Waals surface area contributed by atoms with Crippen molar-refractivity contribution >= 4 is 16.7 Å². The Bertz CT molecular complexity index is 886. The zero-order chi connectivity index (χ0) is 15.3. The van der Waals surface area contributed by atoms with Crippen LogP contribution in [0, 0.1) is 5.41 Å². The van der Waals surface area contributed by atoms with E-state index in [0.29, 0.717) is 5.41 Å². The lowest BCUT2D eigenvalue weighted by Crippen LogP contribution is -2.09. The molecule has 1 aliphatic carbocycles. The van der Waals surface area contributed by atoms with Crippen molar-refractivity contribution in [2.45, 2.75) is 26.7 Å². The summed E-state index contributed by atoms with van der Waals surface area (Å²) in [7, 11) is 0. The molecule has 3 aromatic rings. The Morgan fingerprint density at radius 1 is 1.05 bits per heavy atom. The fourth-order valence-corrected chi connectivity index (χ4v) is 3.61. The van der Waals surface area contributed by atoms with E-state index in [1.54, 1.807) is 0 Å². The number of fused-ring (bicyclic) bond motifs is 2. The number of aromatic amines is 1. The first-order valence-corrected chi connectivity index (χ1v) is 7.76. The van der Waals surface area contributed by atoms with Crippen LogP contribution < -0.4 is 0 Å². The molecule has 0 radical (unpaired) electrons. The summed E-state index contributed by atoms with van der Waals surface area (Å²) in [5.41, 5.74) is 5.59. The maximum absolute atomic E-state index is 12.9. The van der Waals surface area contributed by atoms with E-state index in [2.05, 4.69) is 31.0 Å². The summed E-state index contributed by atoms with van der Waals surface area (Å²) >= 11 is 0. The van der Waals surface area contributed by atoms with Gasteiger partial charge in [-0.3, -0.25) is 4.79 Å². The molecular weight excluding hydrogens is 270 g/mol. The van der Waals surface area contributed by atoms with E-state index in [9.17, 15) is 4.79 Å². The number of carbonyl (C=O) groups is 1. The molecule has 0 amide bonds. The number of benzene rings is 2. The van der Waals surface area contributed by atoms with Gasteiger partial charge < -0.3 is 4.98 Å². The number of carbonyl (C=O) groups excluding carboxylic acids is 1. The van der Waals surface area contributed by atoms with E-state index in [4.69, 9.17) is 0 Å². The van der Waals surface area contributed by atoms with Crippen LogP contribution in [0.4, 0.5) is 0 Å². The van der Waals surface area contributed by atoms with Gasteiger partial charge in [0.05, 0.1) is 0 Å². The molecule has 0 spiro atoms. The Morgan fingerprint density at radius 3 is 2.68 bits per heavy atom. The first-order chi connectivity index (χ1) is 10.5. The van der Waals surface area contributed by atoms with E-state index in [1.165, 1.54) is 11.1 Å². The molecule has 0 aliphatic heterocycles. The fraction of sp³-hybridized carbons (Fsp3) is 0.250. The monoisotopic (exact) mass is 289 g/mol. The quantitative estimate of drug-likeness (QED) is 0.691. The molecule has 0 bridgehead atoms. The van der Waals surface area contributed by atoms with E-state index in [1.807, 2.05) is 36.5 Å². The Kier molecular flexibility index (Phi) is 2.77. The highest BCUT2D eigenvalue weighted by molar-refractivity contribution is 6.16. The summed E-state index contributed by atoms with van der Waals surface area (Å²) in [5.74, 6) is 0.102. The predicted octanol–water partition coefficient (Wildman–Crippen LogP) is 4.52. The van der Waals surface area contributed by atoms with Crippen LogP contribution in [0.5, 0.6) is 0 Å². The molecule has 0 atom stereocenters. The lowest BCUT2D eigenvalue weighted by atomic mass is 9.90. The summed E-state index contributed by atoms with van der Waals surface area (Å²) in [4.78, 5) is 16.0. The molecule has 1 aromatic heterocycles. The summed E-state index contributed by atoms with van der Waals surface area (Å²) < 4.78 is 0. The minimum Gasteiger partial charge on any atom is -0.360 e. The average molecular weight is 289 g/mol. The molecular formula is C20H19NO. The van der Waals surface area contributed by atoms with Crippen molar-refractivity contribution in [2.24, 2.45) is 5.41 Å². The van der Waals surface area contributed by atoms with Gasteiger partial charge in [-0.25, -0.2) is 0 Å². The van der Waals surface area contributed by atoms with Gasteiger partial charge in [-0.05, 0) is 41.5 Å². The van der Waals surface area contributed by atoms with Crippen LogP contribution in [0.3, 0.4) is 0 Å². The second-order valence-corrected chi connectivity index (χ2v) is 7.08. The summed E-state index contributed by atoms with van der Waals surface area (Å²) in [5, 5.41) is 0.994. The highest BCUT2D eigenvalue weighted by atomic mass is 16.1. The molecule has 2 aromatic carbocycles. The number of hydrogen-bond acceptors (Lipinski definition) is 1. The second-order valence-electron chi connectivity index (χ2n) is 7.08. The zero-order valence-electron chi connectivity index (χ0n) is 12.9. The molecule has 110 valence electrons. The summed E-state index contributed by atoms with van der Waals surface area (Å²) in [6.07, 6.45) is 3.98. The van der Waals surface area contributed by atoms with Crippen molar-refractivity contribution < 1.29 is 4.79 Å². The zero-order valence-corrected chi connectivity index (χ0v) is 12.9. The van der Waals surface area contributed by atoms with Gasteiger partial charge in [0.25, 0.3) is 0 Å². The molecule has 2 nitrogen and oxygen atoms in total. The van der Waals surface area contributed by atoms with Crippen LogP contribution >= 0.6 is 0 Å². The van der Waals surface area contributed by atoms with E-state index in [-0.39, 0.29) is 5.78 Å². The van der Waals surface area contributed by atoms with Gasteiger partial charge in [-0.15, -0.1) is 0 Å². The van der Waals surface area contributed by atoms with Gasteiger partial charge in [0.15, 0.2) is 5.78 Å².